The summed E-state index contributed by atoms with van der Waals surface area (Å²) >= 11 is 1.74. The van der Waals surface area contributed by atoms with Crippen LogP contribution in [0.1, 0.15) is 24.8 Å². The second-order valence-electron chi connectivity index (χ2n) is 4.30. The first-order valence-electron chi connectivity index (χ1n) is 5.15. The van der Waals surface area contributed by atoms with Gasteiger partial charge in [-0.15, -0.1) is 11.3 Å². The van der Waals surface area contributed by atoms with E-state index in [1.807, 2.05) is 0 Å². The lowest BCUT2D eigenvalue weighted by Gasteiger charge is -2.40. The van der Waals surface area contributed by atoms with Crippen molar-refractivity contribution in [3.05, 3.63) is 17.0 Å². The zero-order valence-electron chi connectivity index (χ0n) is 8.55. The van der Waals surface area contributed by atoms with Crippen LogP contribution in [0.3, 0.4) is 0 Å². The summed E-state index contributed by atoms with van der Waals surface area (Å²) in [6.07, 6.45) is 3.60. The van der Waals surface area contributed by atoms with Crippen LogP contribution in [-0.4, -0.2) is 18.3 Å². The Morgan fingerprint density at radius 1 is 1.57 bits per heavy atom. The second-order valence-corrected chi connectivity index (χ2v) is 5.21. The molecule has 1 saturated carbocycles. The highest BCUT2D eigenvalue weighted by atomic mass is 32.1. The molecule has 78 valence electrons. The highest BCUT2D eigenvalue weighted by Crippen LogP contribution is 2.40. The average Bonchev–Trinajstić information content (AvgIpc) is 2.51. The van der Waals surface area contributed by atoms with E-state index < -0.39 is 0 Å². The van der Waals surface area contributed by atoms with Gasteiger partial charge in [0.15, 0.2) is 0 Å². The molecule has 0 bridgehead atoms. The molecule has 0 aliphatic heterocycles. The van der Waals surface area contributed by atoms with Crippen LogP contribution in [0.5, 0.6) is 0 Å². The minimum atomic E-state index is 0.177. The standard InChI is InChI=1S/C11H17NOS/c1-9-3-6-14-10(9)12-7-11(8-13)4-2-5-11/h3,6,12-13H,2,4-5,7-8H2,1H3. The van der Waals surface area contributed by atoms with Crippen LogP contribution in [0.15, 0.2) is 11.4 Å². The molecule has 1 aliphatic carbocycles. The lowest BCUT2D eigenvalue weighted by atomic mass is 9.69. The topological polar surface area (TPSA) is 32.3 Å². The largest absolute Gasteiger partial charge is 0.396 e. The Hall–Kier alpha value is -0.540. The number of hydrogen-bond donors (Lipinski definition) is 2. The third-order valence-corrected chi connectivity index (χ3v) is 4.21. The fourth-order valence-electron chi connectivity index (χ4n) is 1.89. The van der Waals surface area contributed by atoms with Crippen LogP contribution in [0, 0.1) is 12.3 Å². The van der Waals surface area contributed by atoms with Gasteiger partial charge in [-0.05, 0) is 36.8 Å². The van der Waals surface area contributed by atoms with Crippen LogP contribution in [0.4, 0.5) is 5.00 Å². The molecule has 0 atom stereocenters. The molecule has 2 nitrogen and oxygen atoms in total. The predicted molar refractivity (Wildman–Crippen MR) is 60.9 cm³/mol. The molecule has 0 saturated heterocycles. The maximum atomic E-state index is 9.30. The Morgan fingerprint density at radius 3 is 2.79 bits per heavy atom. The molecule has 3 heteroatoms. The quantitative estimate of drug-likeness (QED) is 0.802. The fourth-order valence-corrected chi connectivity index (χ4v) is 2.71. The van der Waals surface area contributed by atoms with Crippen molar-refractivity contribution in [2.45, 2.75) is 26.2 Å². The van der Waals surface area contributed by atoms with Gasteiger partial charge in [-0.1, -0.05) is 6.42 Å². The molecule has 1 aliphatic rings. The molecule has 2 N–H and O–H groups in total. The Bertz CT molecular complexity index is 298. The molecule has 0 radical (unpaired) electrons. The smallest absolute Gasteiger partial charge is 0.0912 e. The van der Waals surface area contributed by atoms with Crippen LogP contribution in [-0.2, 0) is 0 Å². The molecule has 1 fully saturated rings. The van der Waals surface area contributed by atoms with E-state index >= 15 is 0 Å². The van der Waals surface area contributed by atoms with Crippen LogP contribution < -0.4 is 5.32 Å². The van der Waals surface area contributed by atoms with Gasteiger partial charge in [0.1, 0.15) is 0 Å². The predicted octanol–water partition coefficient (Wildman–Crippen LogP) is 2.63. The monoisotopic (exact) mass is 211 g/mol. The number of thiophene rings is 1. The number of hydrogen-bond acceptors (Lipinski definition) is 3. The summed E-state index contributed by atoms with van der Waals surface area (Å²) in [7, 11) is 0. The Kier molecular flexibility index (Phi) is 2.79. The number of rotatable bonds is 4. The Balaban J connectivity index is 1.90. The van der Waals surface area contributed by atoms with Gasteiger partial charge >= 0.3 is 0 Å². The Morgan fingerprint density at radius 2 is 2.36 bits per heavy atom. The molecular formula is C11H17NOS. The van der Waals surface area contributed by atoms with E-state index in [9.17, 15) is 5.11 Å². The molecule has 0 amide bonds. The molecular weight excluding hydrogens is 194 g/mol. The van der Waals surface area contributed by atoms with E-state index in [1.54, 1.807) is 11.3 Å². The van der Waals surface area contributed by atoms with Crippen molar-refractivity contribution in [2.75, 3.05) is 18.5 Å². The number of aliphatic hydroxyl groups excluding tert-OH is 1. The van der Waals surface area contributed by atoms with Gasteiger partial charge in [0.25, 0.3) is 0 Å². The van der Waals surface area contributed by atoms with Crippen LogP contribution in [0.2, 0.25) is 0 Å². The van der Waals surface area contributed by atoms with E-state index in [0.29, 0.717) is 6.61 Å². The van der Waals surface area contributed by atoms with E-state index in [1.165, 1.54) is 29.8 Å². The minimum absolute atomic E-state index is 0.177. The van der Waals surface area contributed by atoms with Crippen LogP contribution in [0.25, 0.3) is 0 Å². The Labute approximate surface area is 89.0 Å². The lowest BCUT2D eigenvalue weighted by molar-refractivity contribution is 0.0577. The molecule has 1 aromatic heterocycles. The average molecular weight is 211 g/mol. The van der Waals surface area contributed by atoms with Crippen molar-refractivity contribution < 1.29 is 5.11 Å². The van der Waals surface area contributed by atoms with Gasteiger partial charge in [0, 0.05) is 12.0 Å². The zero-order valence-corrected chi connectivity index (χ0v) is 9.36. The molecule has 0 spiro atoms. The lowest BCUT2D eigenvalue weighted by Crippen LogP contribution is -2.39. The molecule has 14 heavy (non-hydrogen) atoms. The van der Waals surface area contributed by atoms with Gasteiger partial charge in [-0.2, -0.15) is 0 Å². The summed E-state index contributed by atoms with van der Waals surface area (Å²) in [6.45, 7) is 3.36. The number of aliphatic hydroxyl groups is 1. The first-order valence-corrected chi connectivity index (χ1v) is 6.03. The van der Waals surface area contributed by atoms with Crippen LogP contribution >= 0.6 is 11.3 Å². The van der Waals surface area contributed by atoms with Crippen molar-refractivity contribution in [1.82, 2.24) is 0 Å². The molecule has 0 aromatic carbocycles. The van der Waals surface area contributed by atoms with Gasteiger partial charge in [0.2, 0.25) is 0 Å². The normalized spacial score (nSPS) is 19.0. The van der Waals surface area contributed by atoms with Gasteiger partial charge in [-0.25, -0.2) is 0 Å². The molecule has 1 aromatic rings. The maximum absolute atomic E-state index is 9.30. The molecule has 2 rings (SSSR count). The summed E-state index contributed by atoms with van der Waals surface area (Å²) in [5.41, 5.74) is 1.48. The highest BCUT2D eigenvalue weighted by molar-refractivity contribution is 7.14. The van der Waals surface area contributed by atoms with Crippen molar-refractivity contribution in [1.29, 1.82) is 0 Å². The number of aryl methyl sites for hydroxylation is 1. The highest BCUT2D eigenvalue weighted by Gasteiger charge is 2.36. The number of nitrogens with one attached hydrogen (secondary N) is 1. The van der Waals surface area contributed by atoms with E-state index in [4.69, 9.17) is 0 Å². The SMILES string of the molecule is Cc1ccsc1NCC1(CO)CCC1. The number of anilines is 1. The fraction of sp³-hybridized carbons (Fsp3) is 0.636. The van der Waals surface area contributed by atoms with Gasteiger partial charge in [0.05, 0.1) is 11.6 Å². The van der Waals surface area contributed by atoms with Crippen molar-refractivity contribution >= 4 is 16.3 Å². The van der Waals surface area contributed by atoms with E-state index in [2.05, 4.69) is 23.7 Å². The zero-order chi connectivity index (χ0) is 10.0. The van der Waals surface area contributed by atoms with E-state index in [-0.39, 0.29) is 5.41 Å². The van der Waals surface area contributed by atoms with Gasteiger partial charge < -0.3 is 10.4 Å². The third kappa shape index (κ3) is 1.79. The van der Waals surface area contributed by atoms with Gasteiger partial charge in [-0.3, -0.25) is 0 Å². The van der Waals surface area contributed by atoms with E-state index in [0.717, 1.165) is 6.54 Å². The molecule has 0 unspecified atom stereocenters. The summed E-state index contributed by atoms with van der Waals surface area (Å²) in [4.78, 5) is 0. The third-order valence-electron chi connectivity index (χ3n) is 3.24. The summed E-state index contributed by atoms with van der Waals surface area (Å²) in [5, 5.41) is 16.1. The van der Waals surface area contributed by atoms with Crippen molar-refractivity contribution in [3.8, 4) is 0 Å². The first-order chi connectivity index (χ1) is 6.76. The second kappa shape index (κ2) is 3.91. The first kappa shape index (κ1) is 9.99. The summed E-state index contributed by atoms with van der Waals surface area (Å²) < 4.78 is 0. The van der Waals surface area contributed by atoms with Crippen molar-refractivity contribution in [3.63, 3.8) is 0 Å². The maximum Gasteiger partial charge on any atom is 0.0912 e. The minimum Gasteiger partial charge on any atom is -0.396 e. The summed E-state index contributed by atoms with van der Waals surface area (Å²) in [5.74, 6) is 0. The summed E-state index contributed by atoms with van der Waals surface area (Å²) in [6, 6.07) is 2.12. The van der Waals surface area contributed by atoms with Crippen molar-refractivity contribution in [2.24, 2.45) is 5.41 Å². The molecule has 1 heterocycles.